The molecule has 3 unspecified atom stereocenters. The predicted molar refractivity (Wildman–Crippen MR) is 72.3 cm³/mol. The number of benzene rings is 1. The highest BCUT2D eigenvalue weighted by Crippen LogP contribution is 2.31. The monoisotopic (exact) mass is 299 g/mol. The van der Waals surface area contributed by atoms with Gasteiger partial charge in [0.2, 0.25) is 0 Å². The van der Waals surface area contributed by atoms with Crippen LogP contribution in [0.2, 0.25) is 0 Å². The Labute approximate surface area is 111 Å². The molecule has 0 spiro atoms. The molecular weight excluding hydrogens is 281 g/mol. The van der Waals surface area contributed by atoms with E-state index in [4.69, 9.17) is 0 Å². The molecule has 0 bridgehead atoms. The standard InChI is InChI=1S/C14H19BrFN/c1-9-3-6-14(10(9)2)17-8-11-4-5-12(16)7-13(11)15/h4-5,7,9-10,14,17H,3,6,8H2,1-2H3. The topological polar surface area (TPSA) is 12.0 Å². The maximum Gasteiger partial charge on any atom is 0.124 e. The van der Waals surface area contributed by atoms with Gasteiger partial charge in [-0.1, -0.05) is 35.8 Å². The summed E-state index contributed by atoms with van der Waals surface area (Å²) in [6.45, 7) is 5.44. The summed E-state index contributed by atoms with van der Waals surface area (Å²) in [6.07, 6.45) is 2.56. The van der Waals surface area contributed by atoms with Crippen LogP contribution in [-0.4, -0.2) is 6.04 Å². The molecule has 3 atom stereocenters. The van der Waals surface area contributed by atoms with Crippen molar-refractivity contribution in [3.63, 3.8) is 0 Å². The summed E-state index contributed by atoms with van der Waals surface area (Å²) in [7, 11) is 0. The Morgan fingerprint density at radius 1 is 1.35 bits per heavy atom. The fourth-order valence-electron chi connectivity index (χ4n) is 2.56. The van der Waals surface area contributed by atoms with E-state index >= 15 is 0 Å². The molecular formula is C14H19BrFN. The Kier molecular flexibility index (Phi) is 4.21. The SMILES string of the molecule is CC1CCC(NCc2ccc(F)cc2Br)C1C. The van der Waals surface area contributed by atoms with Crippen LogP contribution >= 0.6 is 15.9 Å². The Morgan fingerprint density at radius 2 is 2.12 bits per heavy atom. The molecule has 3 heteroatoms. The van der Waals surface area contributed by atoms with Crippen molar-refractivity contribution in [1.29, 1.82) is 0 Å². The van der Waals surface area contributed by atoms with Gasteiger partial charge in [-0.25, -0.2) is 4.39 Å². The summed E-state index contributed by atoms with van der Waals surface area (Å²) in [6, 6.07) is 5.48. The molecule has 1 fully saturated rings. The van der Waals surface area contributed by atoms with Crippen LogP contribution in [-0.2, 0) is 6.54 Å². The van der Waals surface area contributed by atoms with Crippen molar-refractivity contribution in [3.05, 3.63) is 34.1 Å². The maximum absolute atomic E-state index is 13.0. The summed E-state index contributed by atoms with van der Waals surface area (Å²) in [5.74, 6) is 1.35. The summed E-state index contributed by atoms with van der Waals surface area (Å²) in [4.78, 5) is 0. The van der Waals surface area contributed by atoms with Crippen molar-refractivity contribution in [1.82, 2.24) is 5.32 Å². The molecule has 1 saturated carbocycles. The smallest absolute Gasteiger partial charge is 0.124 e. The molecule has 0 saturated heterocycles. The van der Waals surface area contributed by atoms with E-state index in [1.807, 2.05) is 6.07 Å². The highest BCUT2D eigenvalue weighted by Gasteiger charge is 2.29. The number of nitrogens with one attached hydrogen (secondary N) is 1. The van der Waals surface area contributed by atoms with Crippen LogP contribution in [0.25, 0.3) is 0 Å². The first kappa shape index (κ1) is 13.0. The summed E-state index contributed by atoms with van der Waals surface area (Å²) in [5.41, 5.74) is 1.12. The van der Waals surface area contributed by atoms with Gasteiger partial charge in [-0.2, -0.15) is 0 Å². The van der Waals surface area contributed by atoms with Gasteiger partial charge in [0, 0.05) is 17.1 Å². The fraction of sp³-hybridized carbons (Fsp3) is 0.571. The van der Waals surface area contributed by atoms with Gasteiger partial charge in [-0.15, -0.1) is 0 Å². The third-order valence-corrected chi connectivity index (χ3v) is 4.77. The highest BCUT2D eigenvalue weighted by molar-refractivity contribution is 9.10. The second-order valence-electron chi connectivity index (χ2n) is 5.14. The highest BCUT2D eigenvalue weighted by atomic mass is 79.9. The minimum atomic E-state index is -0.191. The van der Waals surface area contributed by atoms with E-state index in [2.05, 4.69) is 35.1 Å². The van der Waals surface area contributed by atoms with Gasteiger partial charge >= 0.3 is 0 Å². The van der Waals surface area contributed by atoms with Crippen molar-refractivity contribution in [3.8, 4) is 0 Å². The van der Waals surface area contributed by atoms with E-state index in [0.29, 0.717) is 6.04 Å². The van der Waals surface area contributed by atoms with Gasteiger partial charge in [0.05, 0.1) is 0 Å². The van der Waals surface area contributed by atoms with Crippen molar-refractivity contribution in [2.24, 2.45) is 11.8 Å². The first-order chi connectivity index (χ1) is 8.08. The zero-order chi connectivity index (χ0) is 12.4. The molecule has 0 aromatic heterocycles. The normalized spacial score (nSPS) is 28.6. The second kappa shape index (κ2) is 5.49. The van der Waals surface area contributed by atoms with Crippen molar-refractivity contribution >= 4 is 15.9 Å². The predicted octanol–water partition coefficient (Wildman–Crippen LogP) is 4.11. The average Bonchev–Trinajstić information content (AvgIpc) is 2.59. The number of hydrogen-bond donors (Lipinski definition) is 1. The molecule has 2 rings (SSSR count). The van der Waals surface area contributed by atoms with Crippen LogP contribution < -0.4 is 5.32 Å². The first-order valence-corrected chi connectivity index (χ1v) is 7.04. The van der Waals surface area contributed by atoms with Crippen LogP contribution in [0.3, 0.4) is 0 Å². The van der Waals surface area contributed by atoms with Gasteiger partial charge in [0.15, 0.2) is 0 Å². The zero-order valence-corrected chi connectivity index (χ0v) is 11.9. The van der Waals surface area contributed by atoms with Crippen LogP contribution in [0.1, 0.15) is 32.3 Å². The molecule has 17 heavy (non-hydrogen) atoms. The van der Waals surface area contributed by atoms with E-state index in [1.54, 1.807) is 0 Å². The van der Waals surface area contributed by atoms with Crippen molar-refractivity contribution in [2.75, 3.05) is 0 Å². The van der Waals surface area contributed by atoms with Gasteiger partial charge in [-0.05, 0) is 42.4 Å². The molecule has 1 aromatic carbocycles. The van der Waals surface area contributed by atoms with Crippen LogP contribution in [0, 0.1) is 17.7 Å². The third-order valence-electron chi connectivity index (χ3n) is 4.04. The summed E-state index contributed by atoms with van der Waals surface area (Å²) < 4.78 is 13.8. The van der Waals surface area contributed by atoms with E-state index in [0.717, 1.165) is 28.4 Å². The molecule has 1 aromatic rings. The maximum atomic E-state index is 13.0. The molecule has 1 aliphatic rings. The van der Waals surface area contributed by atoms with Gasteiger partial charge in [0.1, 0.15) is 5.82 Å². The molecule has 0 amide bonds. The Bertz CT molecular complexity index is 394. The average molecular weight is 300 g/mol. The minimum Gasteiger partial charge on any atom is -0.310 e. The lowest BCUT2D eigenvalue weighted by molar-refractivity contribution is 0.369. The lowest BCUT2D eigenvalue weighted by Gasteiger charge is -2.20. The van der Waals surface area contributed by atoms with Crippen LogP contribution in [0.15, 0.2) is 22.7 Å². The molecule has 0 heterocycles. The summed E-state index contributed by atoms with van der Waals surface area (Å²) in [5, 5.41) is 3.59. The van der Waals surface area contributed by atoms with E-state index in [-0.39, 0.29) is 5.82 Å². The van der Waals surface area contributed by atoms with Crippen molar-refractivity contribution < 1.29 is 4.39 Å². The molecule has 0 radical (unpaired) electrons. The third kappa shape index (κ3) is 3.08. The molecule has 1 nitrogen and oxygen atoms in total. The lowest BCUT2D eigenvalue weighted by Crippen LogP contribution is -2.31. The van der Waals surface area contributed by atoms with Crippen molar-refractivity contribution in [2.45, 2.75) is 39.3 Å². The lowest BCUT2D eigenvalue weighted by atomic mass is 9.98. The van der Waals surface area contributed by atoms with E-state index in [1.165, 1.54) is 25.0 Å². The molecule has 94 valence electrons. The van der Waals surface area contributed by atoms with Gasteiger partial charge in [-0.3, -0.25) is 0 Å². The minimum absolute atomic E-state index is 0.191. The Morgan fingerprint density at radius 3 is 2.71 bits per heavy atom. The first-order valence-electron chi connectivity index (χ1n) is 6.25. The van der Waals surface area contributed by atoms with E-state index in [9.17, 15) is 4.39 Å². The summed E-state index contributed by atoms with van der Waals surface area (Å²) >= 11 is 3.40. The van der Waals surface area contributed by atoms with Crippen LogP contribution in [0.5, 0.6) is 0 Å². The van der Waals surface area contributed by atoms with E-state index < -0.39 is 0 Å². The zero-order valence-electron chi connectivity index (χ0n) is 10.3. The number of halogens is 2. The Balaban J connectivity index is 1.94. The fourth-order valence-corrected chi connectivity index (χ4v) is 3.05. The second-order valence-corrected chi connectivity index (χ2v) is 5.99. The van der Waals surface area contributed by atoms with Crippen LogP contribution in [0.4, 0.5) is 4.39 Å². The van der Waals surface area contributed by atoms with Gasteiger partial charge < -0.3 is 5.32 Å². The van der Waals surface area contributed by atoms with Gasteiger partial charge in [0.25, 0.3) is 0 Å². The largest absolute Gasteiger partial charge is 0.310 e. The number of rotatable bonds is 3. The quantitative estimate of drug-likeness (QED) is 0.885. The molecule has 0 aliphatic heterocycles. The Hall–Kier alpha value is -0.410. The number of hydrogen-bond acceptors (Lipinski definition) is 1. The molecule has 1 aliphatic carbocycles. The molecule has 1 N–H and O–H groups in total.